The van der Waals surface area contributed by atoms with Crippen molar-refractivity contribution in [2.75, 3.05) is 7.05 Å². The molecule has 19 heavy (non-hydrogen) atoms. The van der Waals surface area contributed by atoms with Crippen LogP contribution in [0.4, 0.5) is 0 Å². The summed E-state index contributed by atoms with van der Waals surface area (Å²) in [4.78, 5) is 0. The number of nitrogens with zero attached hydrogens (tertiary/aromatic N) is 2. The van der Waals surface area contributed by atoms with Gasteiger partial charge in [0.25, 0.3) is 0 Å². The molecule has 2 aromatic rings. The van der Waals surface area contributed by atoms with Gasteiger partial charge in [-0.05, 0) is 59.9 Å². The van der Waals surface area contributed by atoms with Crippen molar-refractivity contribution in [2.45, 2.75) is 26.3 Å². The third-order valence-corrected chi connectivity index (χ3v) is 4.24. The highest BCUT2D eigenvalue weighted by Crippen LogP contribution is 2.25. The van der Waals surface area contributed by atoms with Crippen LogP contribution in [0, 0.1) is 13.8 Å². The summed E-state index contributed by atoms with van der Waals surface area (Å²) in [5, 5.41) is 7.67. The second-order valence-corrected chi connectivity index (χ2v) is 5.82. The zero-order valence-corrected chi connectivity index (χ0v) is 13.5. The molecular formula is C15H20BrN3. The molecule has 0 saturated heterocycles. The van der Waals surface area contributed by atoms with E-state index in [1.54, 1.807) is 0 Å². The number of aromatic nitrogens is 2. The standard InChI is InChI=1S/C15H20BrN3/c1-10-5-6-12(7-11(10)2)8-14(17-3)15-13(16)9-18-19(15)4/h5-7,9,14,17H,8H2,1-4H3. The van der Waals surface area contributed by atoms with Crippen LogP contribution in [0.1, 0.15) is 28.4 Å². The van der Waals surface area contributed by atoms with Crippen molar-refractivity contribution in [3.8, 4) is 0 Å². The molecule has 0 aliphatic rings. The van der Waals surface area contributed by atoms with Crippen LogP contribution in [0.5, 0.6) is 0 Å². The third-order valence-electron chi connectivity index (χ3n) is 3.63. The molecular weight excluding hydrogens is 302 g/mol. The van der Waals surface area contributed by atoms with Crippen LogP contribution in [0.2, 0.25) is 0 Å². The summed E-state index contributed by atoms with van der Waals surface area (Å²) in [6.45, 7) is 4.31. The molecule has 0 fully saturated rings. The van der Waals surface area contributed by atoms with Crippen molar-refractivity contribution in [1.29, 1.82) is 0 Å². The Hall–Kier alpha value is -1.13. The highest BCUT2D eigenvalue weighted by atomic mass is 79.9. The molecule has 3 nitrogen and oxygen atoms in total. The molecule has 102 valence electrons. The molecule has 0 bridgehead atoms. The van der Waals surface area contributed by atoms with Gasteiger partial charge in [-0.1, -0.05) is 18.2 Å². The number of rotatable bonds is 4. The molecule has 0 radical (unpaired) electrons. The minimum absolute atomic E-state index is 0.254. The lowest BCUT2D eigenvalue weighted by Gasteiger charge is -2.18. The lowest BCUT2D eigenvalue weighted by molar-refractivity contribution is 0.535. The number of hydrogen-bond acceptors (Lipinski definition) is 2. The Morgan fingerprint density at radius 1 is 1.32 bits per heavy atom. The van der Waals surface area contributed by atoms with Gasteiger partial charge in [-0.25, -0.2) is 0 Å². The lowest BCUT2D eigenvalue weighted by atomic mass is 9.99. The third kappa shape index (κ3) is 3.07. The SMILES string of the molecule is CNC(Cc1ccc(C)c(C)c1)c1c(Br)cnn1C. The summed E-state index contributed by atoms with van der Waals surface area (Å²) in [7, 11) is 3.97. The molecule has 1 N–H and O–H groups in total. The molecule has 4 heteroatoms. The first-order chi connectivity index (χ1) is 9.02. The van der Waals surface area contributed by atoms with Crippen molar-refractivity contribution in [1.82, 2.24) is 15.1 Å². The highest BCUT2D eigenvalue weighted by molar-refractivity contribution is 9.10. The molecule has 0 aliphatic heterocycles. The van der Waals surface area contributed by atoms with Crippen molar-refractivity contribution in [3.05, 3.63) is 51.3 Å². The highest BCUT2D eigenvalue weighted by Gasteiger charge is 2.17. The first-order valence-electron chi connectivity index (χ1n) is 6.43. The van der Waals surface area contributed by atoms with E-state index in [1.807, 2.05) is 25.0 Å². The number of halogens is 1. The van der Waals surface area contributed by atoms with Crippen molar-refractivity contribution < 1.29 is 0 Å². The minimum Gasteiger partial charge on any atom is -0.311 e. The van der Waals surface area contributed by atoms with Gasteiger partial charge in [0.15, 0.2) is 0 Å². The van der Waals surface area contributed by atoms with Gasteiger partial charge in [0, 0.05) is 7.05 Å². The van der Waals surface area contributed by atoms with Crippen LogP contribution in [-0.2, 0) is 13.5 Å². The number of nitrogens with one attached hydrogen (secondary N) is 1. The maximum Gasteiger partial charge on any atom is 0.0695 e. The van der Waals surface area contributed by atoms with Gasteiger partial charge in [0.05, 0.1) is 22.4 Å². The fraction of sp³-hybridized carbons (Fsp3) is 0.400. The Labute approximate surface area is 123 Å². The maximum atomic E-state index is 4.29. The predicted molar refractivity (Wildman–Crippen MR) is 82.3 cm³/mol. The minimum atomic E-state index is 0.254. The summed E-state index contributed by atoms with van der Waals surface area (Å²) in [6, 6.07) is 6.92. The molecule has 1 aromatic heterocycles. The number of likely N-dealkylation sites (N-methyl/N-ethyl adjacent to an activating group) is 1. The summed E-state index contributed by atoms with van der Waals surface area (Å²) < 4.78 is 2.98. The Morgan fingerprint density at radius 2 is 2.05 bits per heavy atom. The maximum absolute atomic E-state index is 4.29. The fourth-order valence-electron chi connectivity index (χ4n) is 2.31. The molecule has 0 aliphatic carbocycles. The van der Waals surface area contributed by atoms with Crippen LogP contribution >= 0.6 is 15.9 Å². The van der Waals surface area contributed by atoms with Gasteiger partial charge in [0.1, 0.15) is 0 Å². The Morgan fingerprint density at radius 3 is 2.58 bits per heavy atom. The molecule has 1 aromatic carbocycles. The van der Waals surface area contributed by atoms with Crippen molar-refractivity contribution >= 4 is 15.9 Å². The second kappa shape index (κ2) is 5.88. The van der Waals surface area contributed by atoms with Gasteiger partial charge in [0.2, 0.25) is 0 Å². The summed E-state index contributed by atoms with van der Waals surface area (Å²) in [5.41, 5.74) is 5.21. The normalized spacial score (nSPS) is 12.7. The molecule has 1 heterocycles. The molecule has 1 atom stereocenters. The van der Waals surface area contributed by atoms with Gasteiger partial charge >= 0.3 is 0 Å². The van der Waals surface area contributed by atoms with E-state index in [2.05, 4.69) is 58.4 Å². The number of benzene rings is 1. The van der Waals surface area contributed by atoms with Crippen LogP contribution in [0.3, 0.4) is 0 Å². The fourth-order valence-corrected chi connectivity index (χ4v) is 2.94. The first kappa shape index (κ1) is 14.3. The smallest absolute Gasteiger partial charge is 0.0695 e. The Bertz CT molecular complexity index is 555. The van der Waals surface area contributed by atoms with Crippen molar-refractivity contribution in [2.24, 2.45) is 7.05 Å². The topological polar surface area (TPSA) is 29.9 Å². The van der Waals surface area contributed by atoms with Crippen LogP contribution in [0.15, 0.2) is 28.9 Å². The van der Waals surface area contributed by atoms with E-state index in [4.69, 9.17) is 0 Å². The number of aryl methyl sites for hydroxylation is 3. The second-order valence-electron chi connectivity index (χ2n) is 4.97. The monoisotopic (exact) mass is 321 g/mol. The van der Waals surface area contributed by atoms with E-state index in [-0.39, 0.29) is 6.04 Å². The Balaban J connectivity index is 2.26. The van der Waals surface area contributed by atoms with Crippen molar-refractivity contribution in [3.63, 3.8) is 0 Å². The number of hydrogen-bond donors (Lipinski definition) is 1. The largest absolute Gasteiger partial charge is 0.311 e. The van der Waals surface area contributed by atoms with Gasteiger partial charge < -0.3 is 5.32 Å². The van der Waals surface area contributed by atoms with Crippen LogP contribution < -0.4 is 5.32 Å². The quantitative estimate of drug-likeness (QED) is 0.936. The van der Waals surface area contributed by atoms with E-state index in [0.29, 0.717) is 0 Å². The average molecular weight is 322 g/mol. The lowest BCUT2D eigenvalue weighted by Crippen LogP contribution is -2.22. The van der Waals surface area contributed by atoms with E-state index in [0.717, 1.165) is 10.9 Å². The van der Waals surface area contributed by atoms with E-state index >= 15 is 0 Å². The van der Waals surface area contributed by atoms with Gasteiger partial charge in [-0.15, -0.1) is 0 Å². The van der Waals surface area contributed by atoms with E-state index in [1.165, 1.54) is 22.4 Å². The summed E-state index contributed by atoms with van der Waals surface area (Å²) in [6.07, 6.45) is 2.80. The predicted octanol–water partition coefficient (Wildman–Crippen LogP) is 3.30. The summed E-state index contributed by atoms with van der Waals surface area (Å²) in [5.74, 6) is 0. The van der Waals surface area contributed by atoms with E-state index < -0.39 is 0 Å². The molecule has 1 unspecified atom stereocenters. The zero-order chi connectivity index (χ0) is 14.0. The molecule has 0 spiro atoms. The average Bonchev–Trinajstić information content (AvgIpc) is 2.71. The first-order valence-corrected chi connectivity index (χ1v) is 7.23. The van der Waals surface area contributed by atoms with Gasteiger partial charge in [-0.2, -0.15) is 5.10 Å². The van der Waals surface area contributed by atoms with Gasteiger partial charge in [-0.3, -0.25) is 4.68 Å². The zero-order valence-electron chi connectivity index (χ0n) is 11.9. The van der Waals surface area contributed by atoms with Crippen LogP contribution in [0.25, 0.3) is 0 Å². The summed E-state index contributed by atoms with van der Waals surface area (Å²) >= 11 is 3.57. The molecule has 2 rings (SSSR count). The molecule has 0 amide bonds. The van der Waals surface area contributed by atoms with Crippen LogP contribution in [-0.4, -0.2) is 16.8 Å². The van der Waals surface area contributed by atoms with E-state index in [9.17, 15) is 0 Å². The molecule has 0 saturated carbocycles. The Kier molecular flexibility index (Phi) is 4.42.